The van der Waals surface area contributed by atoms with Crippen LogP contribution in [-0.4, -0.2) is 35.6 Å². The number of hydrogen-bond acceptors (Lipinski definition) is 4. The molecule has 1 atom stereocenters. The van der Waals surface area contributed by atoms with Crippen LogP contribution in [0.1, 0.15) is 6.42 Å². The molecule has 1 fully saturated rings. The number of carbonyl (C=O) groups excluding carboxylic acids is 1. The summed E-state index contributed by atoms with van der Waals surface area (Å²) in [5.41, 5.74) is 0.506. The first kappa shape index (κ1) is 21.3. The van der Waals surface area contributed by atoms with E-state index >= 15 is 0 Å². The number of benzene rings is 2. The summed E-state index contributed by atoms with van der Waals surface area (Å²) in [6.45, 7) is 1.80. The van der Waals surface area contributed by atoms with Gasteiger partial charge in [0.2, 0.25) is 0 Å². The van der Waals surface area contributed by atoms with E-state index in [-0.39, 0.29) is 11.9 Å². The van der Waals surface area contributed by atoms with Gasteiger partial charge in [0.15, 0.2) is 0 Å². The first-order chi connectivity index (χ1) is 15.1. The molecule has 3 aromatic rings. The second kappa shape index (κ2) is 9.90. The molecule has 31 heavy (non-hydrogen) atoms. The van der Waals surface area contributed by atoms with Crippen LogP contribution in [0, 0.1) is 5.92 Å². The van der Waals surface area contributed by atoms with Crippen molar-refractivity contribution in [3.63, 3.8) is 0 Å². The van der Waals surface area contributed by atoms with Gasteiger partial charge in [-0.05, 0) is 48.9 Å². The number of pyridine rings is 1. The van der Waals surface area contributed by atoms with Gasteiger partial charge in [-0.1, -0.05) is 29.3 Å². The van der Waals surface area contributed by atoms with Crippen molar-refractivity contribution in [2.24, 2.45) is 5.92 Å². The van der Waals surface area contributed by atoms with Gasteiger partial charge in [-0.3, -0.25) is 4.98 Å². The lowest BCUT2D eigenvalue weighted by atomic mass is 10.1. The number of amides is 2. The summed E-state index contributed by atoms with van der Waals surface area (Å²) in [4.78, 5) is 18.2. The molecule has 2 heterocycles. The average Bonchev–Trinajstić information content (AvgIpc) is 3.25. The lowest BCUT2D eigenvalue weighted by Crippen LogP contribution is -2.33. The van der Waals surface area contributed by atoms with Crippen molar-refractivity contribution in [2.45, 2.75) is 6.42 Å². The number of nitrogens with one attached hydrogen (secondary N) is 1. The molecule has 8 heteroatoms. The molecule has 6 nitrogen and oxygen atoms in total. The lowest BCUT2D eigenvalue weighted by molar-refractivity contribution is 0.214. The van der Waals surface area contributed by atoms with Crippen LogP contribution in [0.5, 0.6) is 17.2 Å². The SMILES string of the molecule is O=C(Nc1cnccc1Cl)N1CC[C@H](COc2cccc(Oc3ccc(Cl)cc3)c2)C1. The standard InChI is InChI=1S/C23H21Cl2N3O3/c24-17-4-6-18(7-5-17)31-20-3-1-2-19(12-20)30-15-16-9-11-28(14-16)23(29)27-22-13-26-10-8-21(22)25/h1-8,10,12-13,16H,9,11,14-15H2,(H,27,29)/t16-/m0/s1. The first-order valence-electron chi connectivity index (χ1n) is 9.88. The fraction of sp³-hybridized carbons (Fsp3) is 0.217. The van der Waals surface area contributed by atoms with Gasteiger partial charge in [-0.2, -0.15) is 0 Å². The minimum atomic E-state index is -0.184. The lowest BCUT2D eigenvalue weighted by Gasteiger charge is -2.18. The molecule has 0 bridgehead atoms. The smallest absolute Gasteiger partial charge is 0.321 e. The summed E-state index contributed by atoms with van der Waals surface area (Å²) in [6, 6.07) is 16.1. The van der Waals surface area contributed by atoms with Crippen LogP contribution < -0.4 is 14.8 Å². The van der Waals surface area contributed by atoms with Crippen LogP contribution in [0.2, 0.25) is 10.0 Å². The van der Waals surface area contributed by atoms with Crippen LogP contribution in [-0.2, 0) is 0 Å². The summed E-state index contributed by atoms with van der Waals surface area (Å²) in [5, 5.41) is 3.93. The van der Waals surface area contributed by atoms with Gasteiger partial charge in [-0.15, -0.1) is 0 Å². The summed E-state index contributed by atoms with van der Waals surface area (Å²) in [5.74, 6) is 2.35. The Balaban J connectivity index is 1.27. The second-order valence-electron chi connectivity index (χ2n) is 7.23. The third-order valence-electron chi connectivity index (χ3n) is 4.92. The van der Waals surface area contributed by atoms with Gasteiger partial charge >= 0.3 is 6.03 Å². The summed E-state index contributed by atoms with van der Waals surface area (Å²) in [7, 11) is 0. The molecule has 1 aliphatic rings. The van der Waals surface area contributed by atoms with Crippen molar-refractivity contribution >= 4 is 34.9 Å². The highest BCUT2D eigenvalue weighted by molar-refractivity contribution is 6.33. The van der Waals surface area contributed by atoms with Gasteiger partial charge in [0, 0.05) is 36.3 Å². The van der Waals surface area contributed by atoms with Crippen LogP contribution in [0.25, 0.3) is 0 Å². The molecule has 1 aliphatic heterocycles. The predicted molar refractivity (Wildman–Crippen MR) is 121 cm³/mol. The number of carbonyl (C=O) groups is 1. The fourth-order valence-corrected chi connectivity index (χ4v) is 3.58. The van der Waals surface area contributed by atoms with E-state index < -0.39 is 0 Å². The zero-order chi connectivity index (χ0) is 21.6. The second-order valence-corrected chi connectivity index (χ2v) is 8.07. The number of hydrogen-bond donors (Lipinski definition) is 1. The Kier molecular flexibility index (Phi) is 6.79. The molecule has 1 aromatic heterocycles. The van der Waals surface area contributed by atoms with E-state index in [1.54, 1.807) is 29.3 Å². The van der Waals surface area contributed by atoms with Crippen molar-refractivity contribution in [3.05, 3.63) is 77.0 Å². The van der Waals surface area contributed by atoms with E-state index in [1.165, 1.54) is 6.20 Å². The maximum Gasteiger partial charge on any atom is 0.321 e. The van der Waals surface area contributed by atoms with Crippen LogP contribution in [0.3, 0.4) is 0 Å². The van der Waals surface area contributed by atoms with E-state index in [2.05, 4.69) is 10.3 Å². The summed E-state index contributed by atoms with van der Waals surface area (Å²) in [6.07, 6.45) is 3.99. The molecule has 1 saturated heterocycles. The van der Waals surface area contributed by atoms with Crippen molar-refractivity contribution in [3.8, 4) is 17.2 Å². The number of halogens is 2. The third kappa shape index (κ3) is 5.81. The molecule has 0 aliphatic carbocycles. The topological polar surface area (TPSA) is 63.7 Å². The maximum absolute atomic E-state index is 12.5. The normalized spacial score (nSPS) is 15.5. The van der Waals surface area contributed by atoms with E-state index in [0.717, 1.165) is 12.2 Å². The van der Waals surface area contributed by atoms with Crippen LogP contribution in [0.4, 0.5) is 10.5 Å². The van der Waals surface area contributed by atoms with Gasteiger partial charge in [-0.25, -0.2) is 4.79 Å². The summed E-state index contributed by atoms with van der Waals surface area (Å²) >= 11 is 12.0. The highest BCUT2D eigenvalue weighted by Crippen LogP contribution is 2.27. The molecule has 2 amide bonds. The quantitative estimate of drug-likeness (QED) is 0.484. The van der Waals surface area contributed by atoms with Crippen LogP contribution in [0.15, 0.2) is 67.0 Å². The molecule has 4 rings (SSSR count). The molecular formula is C23H21Cl2N3O3. The van der Waals surface area contributed by atoms with E-state index in [1.807, 2.05) is 36.4 Å². The monoisotopic (exact) mass is 457 g/mol. The molecule has 0 saturated carbocycles. The Labute approximate surface area is 190 Å². The Morgan fingerprint density at radius 2 is 1.90 bits per heavy atom. The van der Waals surface area contributed by atoms with Gasteiger partial charge in [0.25, 0.3) is 0 Å². The molecule has 1 N–H and O–H groups in total. The zero-order valence-electron chi connectivity index (χ0n) is 16.6. The number of nitrogens with zero attached hydrogens (tertiary/aromatic N) is 2. The average molecular weight is 458 g/mol. The number of anilines is 1. The van der Waals surface area contributed by atoms with Gasteiger partial charge in [0.1, 0.15) is 17.2 Å². The van der Waals surface area contributed by atoms with Crippen molar-refractivity contribution in [1.82, 2.24) is 9.88 Å². The highest BCUT2D eigenvalue weighted by atomic mass is 35.5. The zero-order valence-corrected chi connectivity index (χ0v) is 18.1. The van der Waals surface area contributed by atoms with Crippen molar-refractivity contribution in [2.75, 3.05) is 25.0 Å². The predicted octanol–water partition coefficient (Wildman–Crippen LogP) is 6.11. The van der Waals surface area contributed by atoms with Gasteiger partial charge < -0.3 is 19.7 Å². The number of aromatic nitrogens is 1. The minimum absolute atomic E-state index is 0.184. The van der Waals surface area contributed by atoms with Crippen molar-refractivity contribution < 1.29 is 14.3 Å². The Morgan fingerprint density at radius 1 is 1.10 bits per heavy atom. The molecule has 0 radical (unpaired) electrons. The summed E-state index contributed by atoms with van der Waals surface area (Å²) < 4.78 is 11.8. The number of likely N-dealkylation sites (tertiary alicyclic amines) is 1. The molecule has 0 spiro atoms. The number of urea groups is 1. The Morgan fingerprint density at radius 3 is 2.71 bits per heavy atom. The minimum Gasteiger partial charge on any atom is -0.493 e. The number of ether oxygens (including phenoxy) is 2. The van der Waals surface area contributed by atoms with E-state index in [0.29, 0.717) is 46.9 Å². The van der Waals surface area contributed by atoms with Crippen molar-refractivity contribution in [1.29, 1.82) is 0 Å². The molecule has 0 unspecified atom stereocenters. The van der Waals surface area contributed by atoms with Crippen LogP contribution >= 0.6 is 23.2 Å². The highest BCUT2D eigenvalue weighted by Gasteiger charge is 2.27. The maximum atomic E-state index is 12.5. The molecule has 2 aromatic carbocycles. The van der Waals surface area contributed by atoms with Gasteiger partial charge in [0.05, 0.1) is 23.5 Å². The van der Waals surface area contributed by atoms with E-state index in [4.69, 9.17) is 32.7 Å². The fourth-order valence-electron chi connectivity index (χ4n) is 3.30. The first-order valence-corrected chi connectivity index (χ1v) is 10.6. The Bertz CT molecular complexity index is 1050. The molecular weight excluding hydrogens is 437 g/mol. The molecule has 160 valence electrons. The number of rotatable bonds is 6. The third-order valence-corrected chi connectivity index (χ3v) is 5.50. The largest absolute Gasteiger partial charge is 0.493 e. The Hall–Kier alpha value is -2.96. The van der Waals surface area contributed by atoms with E-state index in [9.17, 15) is 4.79 Å².